The maximum absolute atomic E-state index is 9.68. The molecule has 0 amide bonds. The Kier molecular flexibility index (Phi) is 4.38. The van der Waals surface area contributed by atoms with Crippen LogP contribution in [0.2, 0.25) is 0 Å². The number of ether oxygens (including phenoxy) is 1. The van der Waals surface area contributed by atoms with Crippen molar-refractivity contribution < 1.29 is 9.84 Å². The molecule has 0 spiro atoms. The van der Waals surface area contributed by atoms with E-state index in [0.29, 0.717) is 18.1 Å². The van der Waals surface area contributed by atoms with Crippen molar-refractivity contribution in [2.75, 3.05) is 13.1 Å². The number of unbranched alkanes of at least 4 members (excludes halogenated alkanes) is 1. The van der Waals surface area contributed by atoms with E-state index < -0.39 is 0 Å². The van der Waals surface area contributed by atoms with E-state index >= 15 is 0 Å². The predicted molar refractivity (Wildman–Crippen MR) is 64.3 cm³/mol. The predicted octanol–water partition coefficient (Wildman–Crippen LogP) is 1.47. The van der Waals surface area contributed by atoms with Crippen LogP contribution in [0.25, 0.3) is 0 Å². The van der Waals surface area contributed by atoms with Crippen molar-refractivity contribution in [1.82, 2.24) is 5.32 Å². The second-order valence-electron chi connectivity index (χ2n) is 4.97. The van der Waals surface area contributed by atoms with E-state index in [-0.39, 0.29) is 6.10 Å². The van der Waals surface area contributed by atoms with Gasteiger partial charge in [-0.25, -0.2) is 0 Å². The number of nitrogens with one attached hydrogen (secondary N) is 1. The molecule has 1 saturated heterocycles. The van der Waals surface area contributed by atoms with Crippen molar-refractivity contribution in [3.05, 3.63) is 12.2 Å². The van der Waals surface area contributed by atoms with Gasteiger partial charge in [-0.05, 0) is 12.8 Å². The van der Waals surface area contributed by atoms with Crippen molar-refractivity contribution in [2.45, 2.75) is 50.9 Å². The highest BCUT2D eigenvalue weighted by atomic mass is 16.5. The van der Waals surface area contributed by atoms with Gasteiger partial charge in [-0.1, -0.05) is 31.9 Å². The third-order valence-corrected chi connectivity index (χ3v) is 3.52. The van der Waals surface area contributed by atoms with Gasteiger partial charge >= 0.3 is 0 Å². The van der Waals surface area contributed by atoms with Gasteiger partial charge in [0.1, 0.15) is 0 Å². The summed E-state index contributed by atoms with van der Waals surface area (Å²) in [6.45, 7) is 3.84. The topological polar surface area (TPSA) is 41.5 Å². The molecule has 0 radical (unpaired) electrons. The van der Waals surface area contributed by atoms with E-state index in [1.165, 1.54) is 0 Å². The number of hydrogen-bond donors (Lipinski definition) is 2. The van der Waals surface area contributed by atoms with Gasteiger partial charge in [-0.2, -0.15) is 0 Å². The summed E-state index contributed by atoms with van der Waals surface area (Å²) in [4.78, 5) is 0. The van der Waals surface area contributed by atoms with Crippen LogP contribution in [-0.2, 0) is 4.74 Å². The van der Waals surface area contributed by atoms with Gasteiger partial charge in [0.25, 0.3) is 0 Å². The molecule has 92 valence electrons. The van der Waals surface area contributed by atoms with Crippen LogP contribution in [0.1, 0.15) is 32.6 Å². The smallest absolute Gasteiger partial charge is 0.0806 e. The first-order valence-corrected chi connectivity index (χ1v) is 6.52. The van der Waals surface area contributed by atoms with Gasteiger partial charge < -0.3 is 15.2 Å². The minimum Gasteiger partial charge on any atom is -0.392 e. The molecule has 0 aliphatic carbocycles. The van der Waals surface area contributed by atoms with Gasteiger partial charge in [-0.3, -0.25) is 0 Å². The van der Waals surface area contributed by atoms with Crippen molar-refractivity contribution in [1.29, 1.82) is 0 Å². The Balaban J connectivity index is 1.56. The lowest BCUT2D eigenvalue weighted by Crippen LogP contribution is -2.33. The summed E-state index contributed by atoms with van der Waals surface area (Å²) in [5, 5.41) is 13.0. The second kappa shape index (κ2) is 5.80. The Bertz CT molecular complexity index is 242. The van der Waals surface area contributed by atoms with Crippen LogP contribution >= 0.6 is 0 Å². The van der Waals surface area contributed by atoms with Crippen molar-refractivity contribution >= 4 is 0 Å². The van der Waals surface area contributed by atoms with Crippen LogP contribution in [-0.4, -0.2) is 36.5 Å². The van der Waals surface area contributed by atoms with Crippen LogP contribution in [0.4, 0.5) is 0 Å². The van der Waals surface area contributed by atoms with Crippen LogP contribution in [0, 0.1) is 5.92 Å². The minimum absolute atomic E-state index is 0.185. The van der Waals surface area contributed by atoms with Gasteiger partial charge in [0.05, 0.1) is 18.3 Å². The zero-order valence-electron chi connectivity index (χ0n) is 10.1. The highest BCUT2D eigenvalue weighted by molar-refractivity contribution is 5.11. The molecule has 3 heteroatoms. The third-order valence-electron chi connectivity index (χ3n) is 3.52. The minimum atomic E-state index is -0.185. The van der Waals surface area contributed by atoms with Crippen LogP contribution in [0.3, 0.4) is 0 Å². The standard InChI is InChI=1S/C13H23NO2/c1-2-3-4-11(15)9-14-8-10-7-12-5-6-13(10)16-12/h5-6,10-15H,2-4,7-9H2,1H3. The highest BCUT2D eigenvalue weighted by Crippen LogP contribution is 2.32. The molecule has 4 unspecified atom stereocenters. The molecule has 2 N–H and O–H groups in total. The largest absolute Gasteiger partial charge is 0.392 e. The van der Waals surface area contributed by atoms with E-state index in [4.69, 9.17) is 4.74 Å². The Labute approximate surface area is 97.9 Å². The quantitative estimate of drug-likeness (QED) is 0.645. The summed E-state index contributed by atoms with van der Waals surface area (Å²) in [5.41, 5.74) is 0. The lowest BCUT2D eigenvalue weighted by Gasteiger charge is -2.17. The summed E-state index contributed by atoms with van der Waals surface area (Å²) < 4.78 is 5.69. The first-order valence-electron chi connectivity index (χ1n) is 6.52. The van der Waals surface area contributed by atoms with E-state index in [2.05, 4.69) is 24.4 Å². The normalized spacial score (nSPS) is 33.5. The lowest BCUT2D eigenvalue weighted by atomic mass is 9.94. The average molecular weight is 225 g/mol. The highest BCUT2D eigenvalue weighted by Gasteiger charge is 2.36. The summed E-state index contributed by atoms with van der Waals surface area (Å²) in [5.74, 6) is 0.605. The summed E-state index contributed by atoms with van der Waals surface area (Å²) in [6, 6.07) is 0. The van der Waals surface area contributed by atoms with Gasteiger partial charge in [0.15, 0.2) is 0 Å². The van der Waals surface area contributed by atoms with E-state index in [1.54, 1.807) is 0 Å². The fraction of sp³-hybridized carbons (Fsp3) is 0.846. The molecule has 2 aliphatic heterocycles. The molecule has 2 heterocycles. The van der Waals surface area contributed by atoms with Crippen molar-refractivity contribution in [3.8, 4) is 0 Å². The zero-order chi connectivity index (χ0) is 11.4. The molecule has 0 aromatic heterocycles. The molecular weight excluding hydrogens is 202 g/mol. The molecule has 0 aromatic rings. The van der Waals surface area contributed by atoms with Gasteiger partial charge in [0, 0.05) is 19.0 Å². The van der Waals surface area contributed by atoms with Gasteiger partial charge in [-0.15, -0.1) is 0 Å². The number of hydrogen-bond acceptors (Lipinski definition) is 3. The fourth-order valence-electron chi connectivity index (χ4n) is 2.54. The Hall–Kier alpha value is -0.380. The molecular formula is C13H23NO2. The molecule has 0 aromatic carbocycles. The number of aliphatic hydroxyl groups is 1. The first-order chi connectivity index (χ1) is 7.79. The van der Waals surface area contributed by atoms with Crippen molar-refractivity contribution in [2.24, 2.45) is 5.92 Å². The molecule has 3 nitrogen and oxygen atoms in total. The molecule has 4 atom stereocenters. The summed E-state index contributed by atoms with van der Waals surface area (Å²) in [7, 11) is 0. The van der Waals surface area contributed by atoms with E-state index in [1.807, 2.05) is 0 Å². The Morgan fingerprint density at radius 2 is 2.38 bits per heavy atom. The molecule has 0 saturated carbocycles. The van der Waals surface area contributed by atoms with Crippen LogP contribution in [0.5, 0.6) is 0 Å². The monoisotopic (exact) mass is 225 g/mol. The fourth-order valence-corrected chi connectivity index (χ4v) is 2.54. The van der Waals surface area contributed by atoms with E-state index in [0.717, 1.165) is 38.8 Å². The number of fused-ring (bicyclic) bond motifs is 2. The Morgan fingerprint density at radius 3 is 3.00 bits per heavy atom. The molecule has 2 aliphatic rings. The SMILES string of the molecule is CCCCC(O)CNCC1CC2C=CC1O2. The van der Waals surface area contributed by atoms with Crippen LogP contribution in [0.15, 0.2) is 12.2 Å². The number of aliphatic hydroxyl groups excluding tert-OH is 1. The molecule has 2 bridgehead atoms. The lowest BCUT2D eigenvalue weighted by molar-refractivity contribution is 0.107. The third kappa shape index (κ3) is 3.06. The maximum Gasteiger partial charge on any atom is 0.0806 e. The van der Waals surface area contributed by atoms with Crippen LogP contribution < -0.4 is 5.32 Å². The summed E-state index contributed by atoms with van der Waals surface area (Å²) >= 11 is 0. The molecule has 16 heavy (non-hydrogen) atoms. The van der Waals surface area contributed by atoms with E-state index in [9.17, 15) is 5.11 Å². The van der Waals surface area contributed by atoms with Gasteiger partial charge in [0.2, 0.25) is 0 Å². The average Bonchev–Trinajstić information content (AvgIpc) is 2.88. The zero-order valence-corrected chi connectivity index (χ0v) is 10.1. The Morgan fingerprint density at radius 1 is 1.50 bits per heavy atom. The second-order valence-corrected chi connectivity index (χ2v) is 4.97. The van der Waals surface area contributed by atoms with Crippen molar-refractivity contribution in [3.63, 3.8) is 0 Å². The number of rotatable bonds is 7. The summed E-state index contributed by atoms with van der Waals surface area (Å²) in [6.07, 6.45) is 9.16. The maximum atomic E-state index is 9.68. The first kappa shape index (κ1) is 12.1. The molecule has 1 fully saturated rings. The molecule has 2 rings (SSSR count).